The third-order valence-electron chi connectivity index (χ3n) is 4.33. The summed E-state index contributed by atoms with van der Waals surface area (Å²) < 4.78 is 0. The van der Waals surface area contributed by atoms with Crippen molar-refractivity contribution >= 4 is 23.3 Å². The summed E-state index contributed by atoms with van der Waals surface area (Å²) >= 11 is 5.94. The molecule has 2 aromatic rings. The first kappa shape index (κ1) is 16.7. The molecule has 0 saturated carbocycles. The van der Waals surface area contributed by atoms with E-state index in [1.54, 1.807) is 12.1 Å². The number of aromatic nitrogens is 1. The number of primary amides is 1. The molecule has 0 spiro atoms. The topological polar surface area (TPSA) is 62.5 Å². The first-order valence-corrected chi connectivity index (χ1v) is 8.40. The molecule has 1 saturated heterocycles. The van der Waals surface area contributed by atoms with Crippen molar-refractivity contribution < 1.29 is 4.79 Å². The number of amides is 1. The van der Waals surface area contributed by atoms with Crippen molar-refractivity contribution in [3.05, 3.63) is 58.7 Å². The maximum Gasteiger partial charge on any atom is 0.239 e. The van der Waals surface area contributed by atoms with Gasteiger partial charge in [0.05, 0.1) is 0 Å². The molecule has 0 aliphatic carbocycles. The molecule has 6 heteroatoms. The van der Waals surface area contributed by atoms with Gasteiger partial charge in [-0.05, 0) is 36.8 Å². The van der Waals surface area contributed by atoms with Crippen molar-refractivity contribution in [2.75, 3.05) is 31.1 Å². The smallest absolute Gasteiger partial charge is 0.239 e. The molecule has 1 amide bonds. The number of carbonyl (C=O) groups excluding carboxylic acids is 1. The van der Waals surface area contributed by atoms with Gasteiger partial charge < -0.3 is 10.6 Å². The Morgan fingerprint density at radius 3 is 2.38 bits per heavy atom. The third kappa shape index (κ3) is 3.68. The number of nitrogens with two attached hydrogens (primary N) is 1. The molecule has 0 bridgehead atoms. The Balaban J connectivity index is 1.72. The summed E-state index contributed by atoms with van der Waals surface area (Å²) in [5.41, 5.74) is 7.55. The van der Waals surface area contributed by atoms with Crippen molar-refractivity contribution in [2.24, 2.45) is 5.73 Å². The summed E-state index contributed by atoms with van der Waals surface area (Å²) in [4.78, 5) is 20.9. The molecule has 1 aliphatic rings. The number of carbonyl (C=O) groups is 1. The molecule has 2 N–H and O–H groups in total. The van der Waals surface area contributed by atoms with Gasteiger partial charge in [-0.1, -0.05) is 29.8 Å². The largest absolute Gasteiger partial charge is 0.368 e. The van der Waals surface area contributed by atoms with Gasteiger partial charge in [-0.25, -0.2) is 4.98 Å². The number of hydrogen-bond acceptors (Lipinski definition) is 4. The van der Waals surface area contributed by atoms with Gasteiger partial charge in [0.1, 0.15) is 11.9 Å². The van der Waals surface area contributed by atoms with Gasteiger partial charge in [0.2, 0.25) is 5.91 Å². The standard InChI is InChI=1S/C18H21ClN4O/c1-13-3-2-4-16(21-13)22-9-11-23(12-10-22)17(18(20)24)14-5-7-15(19)8-6-14/h2-8,17H,9-12H2,1H3,(H2,20,24). The molecule has 5 nitrogen and oxygen atoms in total. The molecule has 1 aliphatic heterocycles. The highest BCUT2D eigenvalue weighted by atomic mass is 35.5. The molecule has 1 atom stereocenters. The number of benzene rings is 1. The summed E-state index contributed by atoms with van der Waals surface area (Å²) in [5, 5.41) is 0.650. The Morgan fingerprint density at radius 1 is 1.12 bits per heavy atom. The molecular formula is C18H21ClN4O. The van der Waals surface area contributed by atoms with E-state index in [-0.39, 0.29) is 5.91 Å². The van der Waals surface area contributed by atoms with Gasteiger partial charge >= 0.3 is 0 Å². The number of pyridine rings is 1. The lowest BCUT2D eigenvalue weighted by Gasteiger charge is -2.38. The molecule has 24 heavy (non-hydrogen) atoms. The number of rotatable bonds is 4. The first-order chi connectivity index (χ1) is 11.5. The van der Waals surface area contributed by atoms with Gasteiger partial charge in [0.25, 0.3) is 0 Å². The van der Waals surface area contributed by atoms with Crippen molar-refractivity contribution in [2.45, 2.75) is 13.0 Å². The molecule has 0 radical (unpaired) electrons. The minimum Gasteiger partial charge on any atom is -0.368 e. The van der Waals surface area contributed by atoms with Crippen LogP contribution in [-0.2, 0) is 4.79 Å². The number of aryl methyl sites for hydroxylation is 1. The summed E-state index contributed by atoms with van der Waals surface area (Å²) in [5.74, 6) is 0.649. The number of piperazine rings is 1. The van der Waals surface area contributed by atoms with Crippen LogP contribution in [0, 0.1) is 6.92 Å². The van der Waals surface area contributed by atoms with E-state index >= 15 is 0 Å². The molecule has 126 valence electrons. The minimum absolute atomic E-state index is 0.334. The van der Waals surface area contributed by atoms with E-state index in [9.17, 15) is 4.79 Å². The van der Waals surface area contributed by atoms with Gasteiger partial charge in [0.15, 0.2) is 0 Å². The van der Waals surface area contributed by atoms with Gasteiger partial charge in [-0.3, -0.25) is 9.69 Å². The lowest BCUT2D eigenvalue weighted by molar-refractivity contribution is -0.123. The highest BCUT2D eigenvalue weighted by Gasteiger charge is 2.29. The third-order valence-corrected chi connectivity index (χ3v) is 4.58. The van der Waals surface area contributed by atoms with Gasteiger partial charge in [-0.2, -0.15) is 0 Å². The molecule has 1 aromatic carbocycles. The summed E-state index contributed by atoms with van der Waals surface area (Å²) in [6.45, 7) is 5.13. The molecule has 1 fully saturated rings. The molecule has 3 rings (SSSR count). The summed E-state index contributed by atoms with van der Waals surface area (Å²) in [6, 6.07) is 12.9. The fraction of sp³-hybridized carbons (Fsp3) is 0.333. The van der Waals surface area contributed by atoms with Crippen LogP contribution in [0.3, 0.4) is 0 Å². The fourth-order valence-corrected chi connectivity index (χ4v) is 3.24. The van der Waals surface area contributed by atoms with E-state index in [1.807, 2.05) is 37.3 Å². The molecule has 2 heterocycles. The summed E-state index contributed by atoms with van der Waals surface area (Å²) in [6.07, 6.45) is 0. The molecule has 1 aromatic heterocycles. The van der Waals surface area contributed by atoms with Gasteiger partial charge in [-0.15, -0.1) is 0 Å². The Labute approximate surface area is 147 Å². The minimum atomic E-state index is -0.421. The number of hydrogen-bond donors (Lipinski definition) is 1. The highest BCUT2D eigenvalue weighted by Crippen LogP contribution is 2.24. The zero-order chi connectivity index (χ0) is 17.1. The number of halogens is 1. The molecule has 1 unspecified atom stereocenters. The number of anilines is 1. The van der Waals surface area contributed by atoms with Crippen molar-refractivity contribution in [3.8, 4) is 0 Å². The Hall–Kier alpha value is -2.11. The summed E-state index contributed by atoms with van der Waals surface area (Å²) in [7, 11) is 0. The van der Waals surface area contributed by atoms with Crippen LogP contribution >= 0.6 is 11.6 Å². The van der Waals surface area contributed by atoms with E-state index in [2.05, 4.69) is 14.8 Å². The predicted molar refractivity (Wildman–Crippen MR) is 96.1 cm³/mol. The van der Waals surface area contributed by atoms with Crippen molar-refractivity contribution in [1.82, 2.24) is 9.88 Å². The highest BCUT2D eigenvalue weighted by molar-refractivity contribution is 6.30. The maximum atomic E-state index is 12.0. The average Bonchev–Trinajstić information content (AvgIpc) is 2.57. The second-order valence-corrected chi connectivity index (χ2v) is 6.45. The van der Waals surface area contributed by atoms with Crippen LogP contribution in [0.25, 0.3) is 0 Å². The lowest BCUT2D eigenvalue weighted by atomic mass is 10.0. The van der Waals surface area contributed by atoms with E-state index in [4.69, 9.17) is 17.3 Å². The van der Waals surface area contributed by atoms with Crippen LogP contribution in [0.2, 0.25) is 5.02 Å². The second-order valence-electron chi connectivity index (χ2n) is 6.02. The van der Waals surface area contributed by atoms with Crippen LogP contribution in [-0.4, -0.2) is 42.0 Å². The van der Waals surface area contributed by atoms with Crippen molar-refractivity contribution in [3.63, 3.8) is 0 Å². The lowest BCUT2D eigenvalue weighted by Crippen LogP contribution is -2.50. The average molecular weight is 345 g/mol. The van der Waals surface area contributed by atoms with Crippen LogP contribution < -0.4 is 10.6 Å². The van der Waals surface area contributed by atoms with E-state index in [0.717, 1.165) is 43.3 Å². The van der Waals surface area contributed by atoms with Crippen LogP contribution in [0.1, 0.15) is 17.3 Å². The monoisotopic (exact) mass is 344 g/mol. The zero-order valence-electron chi connectivity index (χ0n) is 13.7. The Morgan fingerprint density at radius 2 is 1.79 bits per heavy atom. The number of nitrogens with zero attached hydrogens (tertiary/aromatic N) is 3. The van der Waals surface area contributed by atoms with Crippen LogP contribution in [0.15, 0.2) is 42.5 Å². The Kier molecular flexibility index (Phi) is 5.02. The quantitative estimate of drug-likeness (QED) is 0.925. The normalized spacial score (nSPS) is 16.8. The second kappa shape index (κ2) is 7.20. The molecular weight excluding hydrogens is 324 g/mol. The zero-order valence-corrected chi connectivity index (χ0v) is 14.4. The van der Waals surface area contributed by atoms with Crippen molar-refractivity contribution in [1.29, 1.82) is 0 Å². The van der Waals surface area contributed by atoms with E-state index in [1.165, 1.54) is 0 Å². The van der Waals surface area contributed by atoms with E-state index < -0.39 is 6.04 Å². The fourth-order valence-electron chi connectivity index (χ4n) is 3.11. The van der Waals surface area contributed by atoms with Gasteiger partial charge in [0, 0.05) is 36.9 Å². The predicted octanol–water partition coefficient (Wildman–Crippen LogP) is 2.39. The van der Waals surface area contributed by atoms with E-state index in [0.29, 0.717) is 5.02 Å². The maximum absolute atomic E-state index is 12.0. The van der Waals surface area contributed by atoms with Crippen LogP contribution in [0.4, 0.5) is 5.82 Å². The first-order valence-electron chi connectivity index (χ1n) is 8.02. The Bertz CT molecular complexity index is 711. The SMILES string of the molecule is Cc1cccc(N2CCN(C(C(N)=O)c3ccc(Cl)cc3)CC2)n1. The van der Waals surface area contributed by atoms with Crippen LogP contribution in [0.5, 0.6) is 0 Å².